The van der Waals surface area contributed by atoms with E-state index >= 15 is 0 Å². The monoisotopic (exact) mass is 579 g/mol. The normalized spacial score (nSPS) is 14.2. The number of alkyl halides is 3. The highest BCUT2D eigenvalue weighted by molar-refractivity contribution is 6.05. The second kappa shape index (κ2) is 12.7. The van der Waals surface area contributed by atoms with Gasteiger partial charge >= 0.3 is 6.18 Å². The molecule has 1 aromatic heterocycles. The van der Waals surface area contributed by atoms with Crippen LogP contribution in [0.25, 0.3) is 22.3 Å². The molecule has 7 nitrogen and oxygen atoms in total. The van der Waals surface area contributed by atoms with Crippen LogP contribution in [-0.4, -0.2) is 62.9 Å². The number of hydrogen-bond acceptors (Lipinski definition) is 6. The lowest BCUT2D eigenvalue weighted by atomic mass is 10.0. The number of carbonyl (C=O) groups excluding carboxylic acids is 1. The highest BCUT2D eigenvalue weighted by atomic mass is 19.4. The zero-order chi connectivity index (χ0) is 29.7. The molecule has 1 N–H and O–H groups in total. The first kappa shape index (κ1) is 29.2. The number of rotatable bonds is 9. The molecular weight excluding hydrogens is 547 g/mol. The highest BCUT2D eigenvalue weighted by Gasteiger charge is 2.29. The molecule has 0 saturated carbocycles. The van der Waals surface area contributed by atoms with Gasteiger partial charge in [0.15, 0.2) is 17.6 Å². The number of para-hydroxylation sites is 3. The van der Waals surface area contributed by atoms with Crippen molar-refractivity contribution >= 4 is 22.6 Å². The van der Waals surface area contributed by atoms with Gasteiger partial charge in [-0.05, 0) is 44.2 Å². The molecule has 220 valence electrons. The van der Waals surface area contributed by atoms with E-state index in [9.17, 15) is 22.8 Å². The first-order valence-electron chi connectivity index (χ1n) is 13.9. The standard InChI is InChI=1S/C32H32F3N3O4/c1-22-28(39)24-11-7-12-25(30(24)42-29(22)23-9-3-2-4-10-23)31(40)36-15-8-16-37-17-19-38(20-18-37)26-13-5-6-14-27(26)41-21-32(33,34)35/h2-7,9-14H,8,15-21H2,1H3,(H,36,40). The summed E-state index contributed by atoms with van der Waals surface area (Å²) >= 11 is 0. The van der Waals surface area contributed by atoms with Crippen LogP contribution in [0, 0.1) is 6.92 Å². The van der Waals surface area contributed by atoms with Gasteiger partial charge in [-0.15, -0.1) is 0 Å². The molecule has 0 aliphatic carbocycles. The topological polar surface area (TPSA) is 75.0 Å². The van der Waals surface area contributed by atoms with Crippen LogP contribution in [0.5, 0.6) is 5.75 Å². The molecule has 0 radical (unpaired) electrons. The van der Waals surface area contributed by atoms with Gasteiger partial charge < -0.3 is 19.4 Å². The first-order valence-corrected chi connectivity index (χ1v) is 13.9. The number of fused-ring (bicyclic) bond motifs is 1. The van der Waals surface area contributed by atoms with Crippen molar-refractivity contribution in [3.63, 3.8) is 0 Å². The van der Waals surface area contributed by atoms with E-state index in [2.05, 4.69) is 10.2 Å². The molecule has 0 atom stereocenters. The van der Waals surface area contributed by atoms with E-state index in [1.165, 1.54) is 0 Å². The fraction of sp³-hybridized carbons (Fsp3) is 0.312. The summed E-state index contributed by atoms with van der Waals surface area (Å²) < 4.78 is 49.2. The van der Waals surface area contributed by atoms with Crippen LogP contribution >= 0.6 is 0 Å². The molecule has 1 saturated heterocycles. The number of piperazine rings is 1. The van der Waals surface area contributed by atoms with Gasteiger partial charge in [-0.2, -0.15) is 13.2 Å². The third kappa shape index (κ3) is 6.76. The summed E-state index contributed by atoms with van der Waals surface area (Å²) in [7, 11) is 0. The molecule has 2 heterocycles. The minimum Gasteiger partial charge on any atom is -0.482 e. The molecule has 1 aliphatic heterocycles. The van der Waals surface area contributed by atoms with E-state index < -0.39 is 12.8 Å². The van der Waals surface area contributed by atoms with Crippen molar-refractivity contribution in [1.29, 1.82) is 0 Å². The SMILES string of the molecule is Cc1c(-c2ccccc2)oc2c(C(=O)NCCCN3CCN(c4ccccc4OCC(F)(F)F)CC3)cccc2c1=O. The number of halogens is 3. The molecule has 1 aliphatic rings. The zero-order valence-electron chi connectivity index (χ0n) is 23.2. The highest BCUT2D eigenvalue weighted by Crippen LogP contribution is 2.31. The minimum absolute atomic E-state index is 0.168. The Morgan fingerprint density at radius 2 is 1.67 bits per heavy atom. The van der Waals surface area contributed by atoms with Crippen molar-refractivity contribution < 1.29 is 27.1 Å². The summed E-state index contributed by atoms with van der Waals surface area (Å²) in [6, 6.07) is 21.1. The van der Waals surface area contributed by atoms with Gasteiger partial charge in [-0.1, -0.05) is 48.5 Å². The average molecular weight is 580 g/mol. The molecule has 1 amide bonds. The summed E-state index contributed by atoms with van der Waals surface area (Å²) in [5, 5.41) is 3.31. The Balaban J connectivity index is 1.16. The Kier molecular flexibility index (Phi) is 8.82. The van der Waals surface area contributed by atoms with E-state index in [1.54, 1.807) is 49.4 Å². The van der Waals surface area contributed by atoms with Crippen LogP contribution in [0.3, 0.4) is 0 Å². The summed E-state index contributed by atoms with van der Waals surface area (Å²) in [4.78, 5) is 30.5. The van der Waals surface area contributed by atoms with Gasteiger partial charge in [0.25, 0.3) is 5.91 Å². The van der Waals surface area contributed by atoms with E-state index in [0.29, 0.717) is 54.0 Å². The largest absolute Gasteiger partial charge is 0.482 e. The number of anilines is 1. The molecule has 5 rings (SSSR count). The van der Waals surface area contributed by atoms with E-state index in [1.807, 2.05) is 35.2 Å². The van der Waals surface area contributed by atoms with E-state index in [0.717, 1.165) is 25.2 Å². The molecule has 3 aromatic carbocycles. The number of amides is 1. The molecule has 0 spiro atoms. The molecule has 0 bridgehead atoms. The number of benzene rings is 3. The number of ether oxygens (including phenoxy) is 1. The summed E-state index contributed by atoms with van der Waals surface area (Å²) in [6.45, 7) is 4.35. The Morgan fingerprint density at radius 1 is 0.952 bits per heavy atom. The van der Waals surface area contributed by atoms with Gasteiger partial charge in [0.1, 0.15) is 11.5 Å². The fourth-order valence-corrected chi connectivity index (χ4v) is 5.17. The van der Waals surface area contributed by atoms with E-state index in [-0.39, 0.29) is 22.7 Å². The second-order valence-electron chi connectivity index (χ2n) is 10.2. The van der Waals surface area contributed by atoms with Crippen LogP contribution in [0.4, 0.5) is 18.9 Å². The van der Waals surface area contributed by atoms with Crippen molar-refractivity contribution in [2.24, 2.45) is 0 Å². The van der Waals surface area contributed by atoms with Crippen LogP contribution < -0.4 is 20.4 Å². The van der Waals surface area contributed by atoms with Crippen molar-refractivity contribution in [3.05, 3.63) is 94.1 Å². The predicted octanol–water partition coefficient (Wildman–Crippen LogP) is 5.65. The van der Waals surface area contributed by atoms with Crippen LogP contribution in [-0.2, 0) is 0 Å². The molecule has 0 unspecified atom stereocenters. The molecule has 10 heteroatoms. The Labute approximate surface area is 241 Å². The summed E-state index contributed by atoms with van der Waals surface area (Å²) in [5.41, 5.74) is 2.31. The van der Waals surface area contributed by atoms with Crippen LogP contribution in [0.2, 0.25) is 0 Å². The van der Waals surface area contributed by atoms with Gasteiger partial charge in [0, 0.05) is 43.9 Å². The van der Waals surface area contributed by atoms with Crippen molar-refractivity contribution in [2.75, 3.05) is 50.8 Å². The van der Waals surface area contributed by atoms with Crippen molar-refractivity contribution in [1.82, 2.24) is 10.2 Å². The third-order valence-corrected chi connectivity index (χ3v) is 7.33. The zero-order valence-corrected chi connectivity index (χ0v) is 23.2. The van der Waals surface area contributed by atoms with Gasteiger partial charge in [0.05, 0.1) is 16.6 Å². The number of hydrogen-bond donors (Lipinski definition) is 1. The number of nitrogens with one attached hydrogen (secondary N) is 1. The first-order chi connectivity index (χ1) is 20.2. The lowest BCUT2D eigenvalue weighted by Crippen LogP contribution is -2.47. The number of carbonyl (C=O) groups is 1. The summed E-state index contributed by atoms with van der Waals surface area (Å²) in [6.07, 6.45) is -3.69. The molecule has 4 aromatic rings. The Bertz CT molecular complexity index is 1600. The lowest BCUT2D eigenvalue weighted by molar-refractivity contribution is -0.153. The van der Waals surface area contributed by atoms with Gasteiger partial charge in [0.2, 0.25) is 0 Å². The number of nitrogens with zero attached hydrogens (tertiary/aromatic N) is 2. The smallest absolute Gasteiger partial charge is 0.422 e. The lowest BCUT2D eigenvalue weighted by Gasteiger charge is -2.36. The predicted molar refractivity (Wildman–Crippen MR) is 156 cm³/mol. The van der Waals surface area contributed by atoms with Crippen molar-refractivity contribution in [2.45, 2.75) is 19.5 Å². The maximum atomic E-state index is 13.1. The van der Waals surface area contributed by atoms with Gasteiger partial charge in [-0.25, -0.2) is 0 Å². The Morgan fingerprint density at radius 3 is 2.40 bits per heavy atom. The maximum absolute atomic E-state index is 13.1. The average Bonchev–Trinajstić information content (AvgIpc) is 3.00. The van der Waals surface area contributed by atoms with Gasteiger partial charge in [-0.3, -0.25) is 14.5 Å². The molecule has 1 fully saturated rings. The van der Waals surface area contributed by atoms with E-state index in [4.69, 9.17) is 9.15 Å². The fourth-order valence-electron chi connectivity index (χ4n) is 5.17. The summed E-state index contributed by atoms with van der Waals surface area (Å²) in [5.74, 6) is 0.357. The molecule has 42 heavy (non-hydrogen) atoms. The molecular formula is C32H32F3N3O4. The van der Waals surface area contributed by atoms with Crippen LogP contribution in [0.15, 0.2) is 82.0 Å². The minimum atomic E-state index is -4.40. The second-order valence-corrected chi connectivity index (χ2v) is 10.2. The van der Waals surface area contributed by atoms with Crippen LogP contribution in [0.1, 0.15) is 22.3 Å². The maximum Gasteiger partial charge on any atom is 0.422 e. The quantitative estimate of drug-likeness (QED) is 0.258. The Hall–Kier alpha value is -4.31. The third-order valence-electron chi connectivity index (χ3n) is 7.33. The van der Waals surface area contributed by atoms with Crippen molar-refractivity contribution in [3.8, 4) is 17.1 Å².